The molecule has 6 heteroatoms. The Morgan fingerprint density at radius 1 is 1.19 bits per heavy atom. The van der Waals surface area contributed by atoms with E-state index in [-0.39, 0.29) is 11.6 Å². The SMILES string of the molecule is CCNCc1cc(F)c(N2CCN(C(C)=O)CC2)c(F)c1. The van der Waals surface area contributed by atoms with Crippen molar-refractivity contribution in [1.82, 2.24) is 10.2 Å². The highest BCUT2D eigenvalue weighted by Gasteiger charge is 2.23. The molecule has 0 spiro atoms. The summed E-state index contributed by atoms with van der Waals surface area (Å²) in [4.78, 5) is 14.6. The summed E-state index contributed by atoms with van der Waals surface area (Å²) >= 11 is 0. The molecule has 0 atom stereocenters. The molecule has 0 aromatic heterocycles. The van der Waals surface area contributed by atoms with Gasteiger partial charge in [-0.25, -0.2) is 8.78 Å². The van der Waals surface area contributed by atoms with E-state index in [1.807, 2.05) is 6.92 Å². The number of benzene rings is 1. The summed E-state index contributed by atoms with van der Waals surface area (Å²) in [5, 5.41) is 3.05. The Hall–Kier alpha value is -1.69. The lowest BCUT2D eigenvalue weighted by atomic mass is 10.1. The van der Waals surface area contributed by atoms with Crippen LogP contribution in [0.4, 0.5) is 14.5 Å². The lowest BCUT2D eigenvalue weighted by Gasteiger charge is -2.36. The van der Waals surface area contributed by atoms with Crippen molar-refractivity contribution in [3.8, 4) is 0 Å². The van der Waals surface area contributed by atoms with Gasteiger partial charge in [0.1, 0.15) is 17.3 Å². The van der Waals surface area contributed by atoms with Gasteiger partial charge >= 0.3 is 0 Å². The van der Waals surface area contributed by atoms with Crippen LogP contribution < -0.4 is 10.2 Å². The van der Waals surface area contributed by atoms with Crippen molar-refractivity contribution >= 4 is 11.6 Å². The van der Waals surface area contributed by atoms with Gasteiger partial charge < -0.3 is 15.1 Å². The molecular weight excluding hydrogens is 276 g/mol. The maximum Gasteiger partial charge on any atom is 0.219 e. The Balaban J connectivity index is 2.12. The van der Waals surface area contributed by atoms with Gasteiger partial charge in [0, 0.05) is 39.6 Å². The minimum Gasteiger partial charge on any atom is -0.363 e. The third-order valence-corrected chi connectivity index (χ3v) is 3.70. The molecule has 4 nitrogen and oxygen atoms in total. The molecule has 1 aliphatic heterocycles. The van der Waals surface area contributed by atoms with Gasteiger partial charge in [0.15, 0.2) is 0 Å². The summed E-state index contributed by atoms with van der Waals surface area (Å²) in [6.45, 7) is 6.52. The number of piperazine rings is 1. The second kappa shape index (κ2) is 6.85. The fraction of sp³-hybridized carbons (Fsp3) is 0.533. The zero-order valence-corrected chi connectivity index (χ0v) is 12.5. The number of hydrogen-bond donors (Lipinski definition) is 1. The van der Waals surface area contributed by atoms with Crippen molar-refractivity contribution < 1.29 is 13.6 Å². The summed E-state index contributed by atoms with van der Waals surface area (Å²) in [5.74, 6) is -1.09. The first-order valence-electron chi connectivity index (χ1n) is 7.22. The van der Waals surface area contributed by atoms with E-state index in [9.17, 15) is 13.6 Å². The first-order chi connectivity index (χ1) is 10.0. The van der Waals surface area contributed by atoms with E-state index >= 15 is 0 Å². The van der Waals surface area contributed by atoms with Crippen LogP contribution in [0, 0.1) is 11.6 Å². The molecule has 0 radical (unpaired) electrons. The fourth-order valence-electron chi connectivity index (χ4n) is 2.54. The molecule has 1 aliphatic rings. The lowest BCUT2D eigenvalue weighted by Crippen LogP contribution is -2.48. The molecule has 0 aliphatic carbocycles. The first kappa shape index (κ1) is 15.7. The van der Waals surface area contributed by atoms with Crippen molar-refractivity contribution in [2.45, 2.75) is 20.4 Å². The zero-order chi connectivity index (χ0) is 15.4. The molecule has 1 N–H and O–H groups in total. The summed E-state index contributed by atoms with van der Waals surface area (Å²) < 4.78 is 28.4. The average Bonchev–Trinajstić information content (AvgIpc) is 2.45. The highest BCUT2D eigenvalue weighted by atomic mass is 19.1. The summed E-state index contributed by atoms with van der Waals surface area (Å²) in [6.07, 6.45) is 0. The number of halogens is 2. The standard InChI is InChI=1S/C15H21F2N3O/c1-3-18-10-12-8-13(16)15(14(17)9-12)20-6-4-19(5-7-20)11(2)21/h8-9,18H,3-7,10H2,1-2H3. The van der Waals surface area contributed by atoms with Gasteiger partial charge in [0.25, 0.3) is 0 Å². The fourth-order valence-corrected chi connectivity index (χ4v) is 2.54. The highest BCUT2D eigenvalue weighted by molar-refractivity contribution is 5.73. The van der Waals surface area contributed by atoms with Crippen molar-refractivity contribution in [2.75, 3.05) is 37.6 Å². The predicted octanol–water partition coefficient (Wildman–Crippen LogP) is 1.74. The Morgan fingerprint density at radius 3 is 2.24 bits per heavy atom. The van der Waals surface area contributed by atoms with Crippen LogP contribution in [-0.4, -0.2) is 43.5 Å². The van der Waals surface area contributed by atoms with E-state index in [2.05, 4.69) is 5.32 Å². The third-order valence-electron chi connectivity index (χ3n) is 3.70. The molecular formula is C15H21F2N3O. The predicted molar refractivity (Wildman–Crippen MR) is 78.2 cm³/mol. The minimum absolute atomic E-state index is 0.00316. The van der Waals surface area contributed by atoms with Crippen LogP contribution in [0.5, 0.6) is 0 Å². The smallest absolute Gasteiger partial charge is 0.219 e. The quantitative estimate of drug-likeness (QED) is 0.919. The van der Waals surface area contributed by atoms with Gasteiger partial charge in [0.2, 0.25) is 5.91 Å². The van der Waals surface area contributed by atoms with Gasteiger partial charge in [-0.2, -0.15) is 0 Å². The highest BCUT2D eigenvalue weighted by Crippen LogP contribution is 2.26. The molecule has 0 saturated carbocycles. The Labute approximate surface area is 123 Å². The van der Waals surface area contributed by atoms with Crippen molar-refractivity contribution in [1.29, 1.82) is 0 Å². The Kier molecular flexibility index (Phi) is 5.12. The molecule has 1 heterocycles. The number of carbonyl (C=O) groups is 1. The minimum atomic E-state index is -0.542. The number of anilines is 1. The third kappa shape index (κ3) is 3.69. The molecule has 116 valence electrons. The topological polar surface area (TPSA) is 35.6 Å². The zero-order valence-electron chi connectivity index (χ0n) is 12.5. The Morgan fingerprint density at radius 2 is 1.76 bits per heavy atom. The number of carbonyl (C=O) groups excluding carboxylic acids is 1. The van der Waals surface area contributed by atoms with Gasteiger partial charge in [-0.1, -0.05) is 6.92 Å². The molecule has 1 fully saturated rings. The van der Waals surface area contributed by atoms with Crippen molar-refractivity contribution in [3.05, 3.63) is 29.3 Å². The van der Waals surface area contributed by atoms with Crippen LogP contribution >= 0.6 is 0 Å². The van der Waals surface area contributed by atoms with E-state index in [0.29, 0.717) is 38.3 Å². The van der Waals surface area contributed by atoms with E-state index in [4.69, 9.17) is 0 Å². The summed E-state index contributed by atoms with van der Waals surface area (Å²) in [6, 6.07) is 2.75. The number of amides is 1. The number of rotatable bonds is 4. The van der Waals surface area contributed by atoms with Crippen LogP contribution in [0.2, 0.25) is 0 Å². The van der Waals surface area contributed by atoms with Crippen LogP contribution in [0.25, 0.3) is 0 Å². The Bertz CT molecular complexity index is 491. The van der Waals surface area contributed by atoms with Gasteiger partial charge in [0.05, 0.1) is 0 Å². The molecule has 1 aromatic rings. The van der Waals surface area contributed by atoms with Gasteiger partial charge in [-0.05, 0) is 24.2 Å². The molecule has 0 bridgehead atoms. The normalized spacial score (nSPS) is 15.4. The molecule has 2 rings (SSSR count). The molecule has 21 heavy (non-hydrogen) atoms. The van der Waals surface area contributed by atoms with E-state index in [0.717, 1.165) is 6.54 Å². The van der Waals surface area contributed by atoms with Gasteiger partial charge in [-0.3, -0.25) is 4.79 Å². The summed E-state index contributed by atoms with van der Waals surface area (Å²) in [7, 11) is 0. The number of nitrogens with one attached hydrogen (secondary N) is 1. The first-order valence-corrected chi connectivity index (χ1v) is 7.22. The van der Waals surface area contributed by atoms with Crippen molar-refractivity contribution in [3.63, 3.8) is 0 Å². The molecule has 1 aromatic carbocycles. The molecule has 0 unspecified atom stereocenters. The summed E-state index contributed by atoms with van der Waals surface area (Å²) in [5.41, 5.74) is 0.608. The van der Waals surface area contributed by atoms with Crippen LogP contribution in [0.3, 0.4) is 0 Å². The molecule has 1 saturated heterocycles. The maximum absolute atomic E-state index is 14.2. The van der Waals surface area contributed by atoms with Crippen molar-refractivity contribution in [2.24, 2.45) is 0 Å². The lowest BCUT2D eigenvalue weighted by molar-refractivity contribution is -0.129. The van der Waals surface area contributed by atoms with E-state index < -0.39 is 11.6 Å². The van der Waals surface area contributed by atoms with E-state index in [1.165, 1.54) is 19.1 Å². The average molecular weight is 297 g/mol. The number of hydrogen-bond acceptors (Lipinski definition) is 3. The van der Waals surface area contributed by atoms with E-state index in [1.54, 1.807) is 9.80 Å². The monoisotopic (exact) mass is 297 g/mol. The largest absolute Gasteiger partial charge is 0.363 e. The van der Waals surface area contributed by atoms with Gasteiger partial charge in [-0.15, -0.1) is 0 Å². The van der Waals surface area contributed by atoms with Crippen LogP contribution in [0.15, 0.2) is 12.1 Å². The second-order valence-electron chi connectivity index (χ2n) is 5.18. The second-order valence-corrected chi connectivity index (χ2v) is 5.18. The molecule has 1 amide bonds. The maximum atomic E-state index is 14.2. The van der Waals surface area contributed by atoms with Crippen LogP contribution in [-0.2, 0) is 11.3 Å². The number of nitrogens with zero attached hydrogens (tertiary/aromatic N) is 2. The van der Waals surface area contributed by atoms with Crippen LogP contribution in [0.1, 0.15) is 19.4 Å².